The molecule has 12 heteroatoms. The Bertz CT molecular complexity index is 1170. The average Bonchev–Trinajstić information content (AvgIpc) is 3.03. The minimum atomic E-state index is -1.15. The second kappa shape index (κ2) is 11.2. The summed E-state index contributed by atoms with van der Waals surface area (Å²) >= 11 is 4.01. The van der Waals surface area contributed by atoms with Crippen LogP contribution in [0.4, 0.5) is 14.9 Å². The molecule has 1 aliphatic rings. The summed E-state index contributed by atoms with van der Waals surface area (Å²) in [5.74, 6) is -2.43. The molecule has 3 rings (SSSR count). The van der Waals surface area contributed by atoms with Crippen molar-refractivity contribution in [3.8, 4) is 11.5 Å². The number of nitrogens with one attached hydrogen (secondary N) is 1. The number of nitrogens with zero attached hydrogens (tertiary/aromatic N) is 1. The van der Waals surface area contributed by atoms with Gasteiger partial charge in [-0.1, -0.05) is 15.9 Å². The van der Waals surface area contributed by atoms with Gasteiger partial charge in [-0.25, -0.2) is 9.18 Å². The number of halogens is 2. The van der Waals surface area contributed by atoms with Crippen LogP contribution in [0.2, 0.25) is 0 Å². The van der Waals surface area contributed by atoms with E-state index in [9.17, 15) is 23.6 Å². The van der Waals surface area contributed by atoms with Gasteiger partial charge in [-0.05, 0) is 66.7 Å². The number of amides is 3. The number of anilines is 1. The third-order valence-corrected chi connectivity index (χ3v) is 5.90. The third-order valence-electron chi connectivity index (χ3n) is 4.30. The molecule has 1 aliphatic heterocycles. The van der Waals surface area contributed by atoms with Crippen molar-refractivity contribution in [2.75, 3.05) is 25.1 Å². The number of carboxylic acids is 1. The van der Waals surface area contributed by atoms with Gasteiger partial charge in [0.1, 0.15) is 12.4 Å². The second-order valence-electron chi connectivity index (χ2n) is 6.76. The van der Waals surface area contributed by atoms with Crippen LogP contribution in [-0.2, 0) is 14.4 Å². The van der Waals surface area contributed by atoms with E-state index >= 15 is 0 Å². The quantitative estimate of drug-likeness (QED) is 0.445. The van der Waals surface area contributed by atoms with Gasteiger partial charge in [0.2, 0.25) is 5.91 Å². The SMILES string of the molecule is CCOc1cc(/C=C2\SC(=O)N(CC(=O)Nc3ccc(F)cc3)C2=O)c(Br)cc1OCC(=O)O. The Kier molecular flexibility index (Phi) is 8.29. The molecule has 0 saturated carbocycles. The predicted octanol–water partition coefficient (Wildman–Crippen LogP) is 4.13. The fourth-order valence-corrected chi connectivity index (χ4v) is 4.10. The van der Waals surface area contributed by atoms with Gasteiger partial charge < -0.3 is 19.9 Å². The first-order valence-electron chi connectivity index (χ1n) is 9.79. The largest absolute Gasteiger partial charge is 0.490 e. The van der Waals surface area contributed by atoms with E-state index in [1.807, 2.05) is 0 Å². The smallest absolute Gasteiger partial charge is 0.341 e. The molecule has 2 aromatic carbocycles. The van der Waals surface area contributed by atoms with Gasteiger partial charge in [0, 0.05) is 10.2 Å². The van der Waals surface area contributed by atoms with Crippen LogP contribution in [0.1, 0.15) is 12.5 Å². The number of imide groups is 1. The van der Waals surface area contributed by atoms with E-state index in [1.54, 1.807) is 13.0 Å². The highest BCUT2D eigenvalue weighted by atomic mass is 79.9. The lowest BCUT2D eigenvalue weighted by atomic mass is 10.1. The summed E-state index contributed by atoms with van der Waals surface area (Å²) in [6.07, 6.45) is 1.45. The Balaban J connectivity index is 1.77. The van der Waals surface area contributed by atoms with E-state index in [0.29, 0.717) is 27.5 Å². The number of benzene rings is 2. The number of thioether (sulfide) groups is 1. The molecular weight excluding hydrogens is 535 g/mol. The number of rotatable bonds is 9. The molecule has 0 spiro atoms. The Labute approximate surface area is 206 Å². The number of carbonyl (C=O) groups is 4. The average molecular weight is 553 g/mol. The van der Waals surface area contributed by atoms with Crippen molar-refractivity contribution < 1.29 is 38.1 Å². The van der Waals surface area contributed by atoms with Crippen LogP contribution in [0.5, 0.6) is 11.5 Å². The maximum absolute atomic E-state index is 13.0. The molecule has 0 aromatic heterocycles. The summed E-state index contributed by atoms with van der Waals surface area (Å²) in [5, 5.41) is 10.7. The first-order valence-corrected chi connectivity index (χ1v) is 11.4. The van der Waals surface area contributed by atoms with E-state index in [0.717, 1.165) is 4.90 Å². The fourth-order valence-electron chi connectivity index (χ4n) is 2.84. The maximum atomic E-state index is 13.0. The van der Waals surface area contributed by atoms with Gasteiger partial charge in [-0.2, -0.15) is 0 Å². The molecule has 0 aliphatic carbocycles. The van der Waals surface area contributed by atoms with Gasteiger partial charge in [0.05, 0.1) is 11.5 Å². The molecule has 1 fully saturated rings. The minimum absolute atomic E-state index is 0.0851. The van der Waals surface area contributed by atoms with Crippen molar-refractivity contribution in [2.24, 2.45) is 0 Å². The monoisotopic (exact) mass is 552 g/mol. The van der Waals surface area contributed by atoms with Crippen molar-refractivity contribution in [1.82, 2.24) is 4.90 Å². The van der Waals surface area contributed by atoms with Crippen LogP contribution in [-0.4, -0.2) is 52.8 Å². The predicted molar refractivity (Wildman–Crippen MR) is 126 cm³/mol. The van der Waals surface area contributed by atoms with E-state index in [-0.39, 0.29) is 23.0 Å². The molecule has 0 atom stereocenters. The Hall–Kier alpha value is -3.38. The first-order chi connectivity index (χ1) is 16.2. The van der Waals surface area contributed by atoms with E-state index < -0.39 is 42.0 Å². The zero-order valence-electron chi connectivity index (χ0n) is 17.7. The lowest BCUT2D eigenvalue weighted by molar-refractivity contribution is -0.139. The van der Waals surface area contributed by atoms with Crippen LogP contribution < -0.4 is 14.8 Å². The highest BCUT2D eigenvalue weighted by Crippen LogP contribution is 2.38. The van der Waals surface area contributed by atoms with Gasteiger partial charge in [0.25, 0.3) is 11.1 Å². The van der Waals surface area contributed by atoms with E-state index in [1.165, 1.54) is 36.4 Å². The molecule has 1 heterocycles. The van der Waals surface area contributed by atoms with Crippen molar-refractivity contribution in [3.05, 3.63) is 57.2 Å². The number of hydrogen-bond acceptors (Lipinski definition) is 7. The maximum Gasteiger partial charge on any atom is 0.341 e. The van der Waals surface area contributed by atoms with Gasteiger partial charge in [-0.15, -0.1) is 0 Å². The standard InChI is InChI=1S/C22H18BrFN2O7S/c1-2-32-16-7-12(15(23)9-17(16)33-11-20(28)29)8-18-21(30)26(22(31)34-18)10-19(27)25-14-5-3-13(24)4-6-14/h3-9H,2,10-11H2,1H3,(H,25,27)(H,28,29)/b18-8-. The molecule has 1 saturated heterocycles. The third kappa shape index (κ3) is 6.35. The normalized spacial score (nSPS) is 14.4. The molecule has 2 aromatic rings. The van der Waals surface area contributed by atoms with Crippen molar-refractivity contribution in [1.29, 1.82) is 0 Å². The number of ether oxygens (including phenoxy) is 2. The summed E-state index contributed by atoms with van der Waals surface area (Å²) in [6, 6.07) is 8.10. The van der Waals surface area contributed by atoms with Crippen molar-refractivity contribution in [3.63, 3.8) is 0 Å². The van der Waals surface area contributed by atoms with Crippen LogP contribution in [0.3, 0.4) is 0 Å². The zero-order valence-corrected chi connectivity index (χ0v) is 20.1. The first kappa shape index (κ1) is 25.2. The number of aliphatic carboxylic acids is 1. The number of hydrogen-bond donors (Lipinski definition) is 2. The van der Waals surface area contributed by atoms with Gasteiger partial charge in [-0.3, -0.25) is 19.3 Å². The van der Waals surface area contributed by atoms with Crippen LogP contribution in [0, 0.1) is 5.82 Å². The Morgan fingerprint density at radius 1 is 1.18 bits per heavy atom. The van der Waals surface area contributed by atoms with Crippen LogP contribution in [0.15, 0.2) is 45.8 Å². The summed E-state index contributed by atoms with van der Waals surface area (Å²) < 4.78 is 24.2. The minimum Gasteiger partial charge on any atom is -0.490 e. The molecular formula is C22H18BrFN2O7S. The molecule has 2 N–H and O–H groups in total. The molecule has 9 nitrogen and oxygen atoms in total. The summed E-state index contributed by atoms with van der Waals surface area (Å²) in [4.78, 5) is 49.1. The molecule has 3 amide bonds. The van der Waals surface area contributed by atoms with Crippen LogP contribution in [0.25, 0.3) is 6.08 Å². The summed E-state index contributed by atoms with van der Waals surface area (Å²) in [5.41, 5.74) is 0.805. The second-order valence-corrected chi connectivity index (χ2v) is 8.61. The molecule has 0 unspecified atom stereocenters. The highest BCUT2D eigenvalue weighted by molar-refractivity contribution is 9.10. The lowest BCUT2D eigenvalue weighted by Gasteiger charge is -2.13. The fraction of sp³-hybridized carbons (Fsp3) is 0.182. The molecule has 178 valence electrons. The Morgan fingerprint density at radius 2 is 1.85 bits per heavy atom. The van der Waals surface area contributed by atoms with E-state index in [4.69, 9.17) is 14.6 Å². The van der Waals surface area contributed by atoms with Gasteiger partial charge in [0.15, 0.2) is 18.1 Å². The summed E-state index contributed by atoms with van der Waals surface area (Å²) in [6.45, 7) is 0.951. The van der Waals surface area contributed by atoms with Crippen LogP contribution >= 0.6 is 27.7 Å². The topological polar surface area (TPSA) is 122 Å². The highest BCUT2D eigenvalue weighted by Gasteiger charge is 2.36. The van der Waals surface area contributed by atoms with Gasteiger partial charge >= 0.3 is 5.97 Å². The summed E-state index contributed by atoms with van der Waals surface area (Å²) in [7, 11) is 0. The van der Waals surface area contributed by atoms with Crippen molar-refractivity contribution in [2.45, 2.75) is 6.92 Å². The zero-order chi connectivity index (χ0) is 24.8. The van der Waals surface area contributed by atoms with Crippen molar-refractivity contribution >= 4 is 62.5 Å². The molecule has 34 heavy (non-hydrogen) atoms. The number of carbonyl (C=O) groups excluding carboxylic acids is 3. The lowest BCUT2D eigenvalue weighted by Crippen LogP contribution is -2.36. The van der Waals surface area contributed by atoms with E-state index in [2.05, 4.69) is 21.2 Å². The molecule has 0 radical (unpaired) electrons. The molecule has 0 bridgehead atoms. The number of carboxylic acid groups (broad SMARTS) is 1. The Morgan fingerprint density at radius 3 is 2.50 bits per heavy atom.